The summed E-state index contributed by atoms with van der Waals surface area (Å²) in [6.07, 6.45) is -4.78. The third-order valence-electron chi connectivity index (χ3n) is 4.94. The number of hydrogen-bond acceptors (Lipinski definition) is 2. The molecule has 0 atom stereocenters. The zero-order valence-corrected chi connectivity index (χ0v) is 16.3. The molecule has 4 nitrogen and oxygen atoms in total. The number of amides is 1. The van der Waals surface area contributed by atoms with Crippen LogP contribution >= 0.6 is 23.2 Å². The molecule has 3 aromatic rings. The molecule has 0 fully saturated rings. The van der Waals surface area contributed by atoms with Crippen LogP contribution in [0.3, 0.4) is 0 Å². The van der Waals surface area contributed by atoms with Crippen molar-refractivity contribution in [3.05, 3.63) is 69.3 Å². The average molecular weight is 441 g/mol. The summed E-state index contributed by atoms with van der Waals surface area (Å²) < 4.78 is 40.2. The lowest BCUT2D eigenvalue weighted by atomic mass is 10.0. The van der Waals surface area contributed by atoms with Gasteiger partial charge in [0.05, 0.1) is 12.1 Å². The van der Waals surface area contributed by atoms with E-state index in [0.29, 0.717) is 37.1 Å². The molecule has 4 rings (SSSR count). The third kappa shape index (κ3) is 3.49. The fourth-order valence-electron chi connectivity index (χ4n) is 3.64. The van der Waals surface area contributed by atoms with Crippen LogP contribution in [0.2, 0.25) is 10.0 Å². The number of benzene rings is 2. The van der Waals surface area contributed by atoms with E-state index >= 15 is 0 Å². The van der Waals surface area contributed by atoms with E-state index in [-0.39, 0.29) is 19.5 Å². The van der Waals surface area contributed by atoms with E-state index in [1.165, 1.54) is 4.57 Å². The van der Waals surface area contributed by atoms with Gasteiger partial charge < -0.3 is 4.90 Å². The molecule has 9 heteroatoms. The van der Waals surface area contributed by atoms with E-state index < -0.39 is 18.0 Å². The summed E-state index contributed by atoms with van der Waals surface area (Å²) in [6, 6.07) is 11.1. The maximum absolute atomic E-state index is 13.2. The van der Waals surface area contributed by atoms with Crippen LogP contribution < -0.4 is 0 Å². The van der Waals surface area contributed by atoms with Crippen molar-refractivity contribution < 1.29 is 22.8 Å². The zero-order chi connectivity index (χ0) is 20.9. The summed E-state index contributed by atoms with van der Waals surface area (Å²) in [4.78, 5) is 25.7. The Kier molecular flexibility index (Phi) is 4.83. The van der Waals surface area contributed by atoms with Crippen molar-refractivity contribution >= 4 is 45.9 Å². The van der Waals surface area contributed by atoms with E-state index in [1.54, 1.807) is 42.5 Å². The number of aromatic nitrogens is 1. The molecule has 0 unspecified atom stereocenters. The van der Waals surface area contributed by atoms with Crippen molar-refractivity contribution in [2.45, 2.75) is 19.1 Å². The van der Waals surface area contributed by atoms with Gasteiger partial charge >= 0.3 is 12.1 Å². The Morgan fingerprint density at radius 2 is 1.62 bits per heavy atom. The lowest BCUT2D eigenvalue weighted by Crippen LogP contribution is -2.44. The normalized spacial score (nSPS) is 14.2. The Balaban J connectivity index is 1.87. The number of nitrogens with zero attached hydrogens (tertiary/aromatic N) is 2. The predicted molar refractivity (Wildman–Crippen MR) is 103 cm³/mol. The molecule has 150 valence electrons. The summed E-state index contributed by atoms with van der Waals surface area (Å²) in [5, 5.41) is 1.59. The lowest BCUT2D eigenvalue weighted by Gasteiger charge is -2.28. The Morgan fingerprint density at radius 1 is 0.966 bits per heavy atom. The quantitative estimate of drug-likeness (QED) is 0.529. The minimum Gasteiger partial charge on any atom is -0.329 e. The summed E-state index contributed by atoms with van der Waals surface area (Å²) >= 11 is 12.0. The topological polar surface area (TPSA) is 42.3 Å². The fourth-order valence-corrected chi connectivity index (χ4v) is 3.94. The molecule has 29 heavy (non-hydrogen) atoms. The van der Waals surface area contributed by atoms with E-state index in [4.69, 9.17) is 23.2 Å². The highest BCUT2D eigenvalue weighted by Crippen LogP contribution is 2.34. The highest BCUT2D eigenvalue weighted by atomic mass is 35.5. The zero-order valence-electron chi connectivity index (χ0n) is 14.8. The van der Waals surface area contributed by atoms with Crippen molar-refractivity contribution in [1.82, 2.24) is 9.47 Å². The smallest absolute Gasteiger partial charge is 0.329 e. The van der Waals surface area contributed by atoms with Crippen LogP contribution in [-0.4, -0.2) is 34.0 Å². The molecule has 1 aliphatic rings. The number of fused-ring (bicyclic) bond motifs is 3. The van der Waals surface area contributed by atoms with E-state index in [0.717, 1.165) is 5.56 Å². The van der Waals surface area contributed by atoms with Crippen LogP contribution in [0.25, 0.3) is 10.9 Å². The number of carbonyl (C=O) groups excluding carboxylic acids is 2. The van der Waals surface area contributed by atoms with Crippen LogP contribution in [-0.2, 0) is 17.8 Å². The number of halogens is 5. The summed E-state index contributed by atoms with van der Waals surface area (Å²) in [6.45, 7) is -0.411. The summed E-state index contributed by atoms with van der Waals surface area (Å²) in [5.41, 5.74) is 1.92. The van der Waals surface area contributed by atoms with Gasteiger partial charge in [-0.2, -0.15) is 13.2 Å². The molecule has 0 saturated heterocycles. The molecule has 0 saturated carbocycles. The molecule has 2 aromatic carbocycles. The second-order valence-corrected chi connectivity index (χ2v) is 7.58. The van der Waals surface area contributed by atoms with Gasteiger partial charge in [-0.05, 0) is 54.4 Å². The van der Waals surface area contributed by atoms with Gasteiger partial charge in [0.15, 0.2) is 0 Å². The molecule has 0 aliphatic carbocycles. The van der Waals surface area contributed by atoms with Gasteiger partial charge in [-0.3, -0.25) is 14.2 Å². The van der Waals surface area contributed by atoms with Crippen LogP contribution in [0.15, 0.2) is 42.5 Å². The molecule has 0 radical (unpaired) electrons. The molecule has 1 aromatic heterocycles. The number of alkyl halides is 3. The molecule has 0 bridgehead atoms. The maximum Gasteiger partial charge on any atom is 0.471 e. The highest BCUT2D eigenvalue weighted by Gasteiger charge is 2.44. The van der Waals surface area contributed by atoms with Gasteiger partial charge in [0.1, 0.15) is 0 Å². The van der Waals surface area contributed by atoms with Gasteiger partial charge in [0.2, 0.25) is 0 Å². The predicted octanol–water partition coefficient (Wildman–Crippen LogP) is 5.08. The number of carbonyl (C=O) groups is 2. The van der Waals surface area contributed by atoms with Gasteiger partial charge in [-0.15, -0.1) is 0 Å². The summed E-state index contributed by atoms with van der Waals surface area (Å²) in [7, 11) is 0. The van der Waals surface area contributed by atoms with Crippen molar-refractivity contribution in [3.8, 4) is 0 Å². The van der Waals surface area contributed by atoms with Gasteiger partial charge in [-0.25, -0.2) is 0 Å². The molecule has 0 spiro atoms. The standard InChI is InChI=1S/C20H13Cl2F3N2O2/c21-12-3-1-11(2-4-12)18(28)27-16-6-5-13(22)9-15(16)14-7-8-26(10-17(14)27)19(29)20(23,24)25/h1-6,9H,7-8,10H2. The molecule has 1 amide bonds. The van der Waals surface area contributed by atoms with Crippen molar-refractivity contribution in [2.75, 3.05) is 6.54 Å². The van der Waals surface area contributed by atoms with Gasteiger partial charge in [-0.1, -0.05) is 23.2 Å². The van der Waals surface area contributed by atoms with Crippen LogP contribution in [0.1, 0.15) is 21.6 Å². The molecule has 0 N–H and O–H groups in total. The third-order valence-corrected chi connectivity index (χ3v) is 5.43. The van der Waals surface area contributed by atoms with E-state index in [9.17, 15) is 22.8 Å². The first-order valence-corrected chi connectivity index (χ1v) is 9.40. The fraction of sp³-hybridized carbons (Fsp3) is 0.200. The van der Waals surface area contributed by atoms with Gasteiger partial charge in [0.25, 0.3) is 5.91 Å². The maximum atomic E-state index is 13.2. The van der Waals surface area contributed by atoms with Gasteiger partial charge in [0, 0.05) is 33.2 Å². The van der Waals surface area contributed by atoms with Crippen molar-refractivity contribution in [3.63, 3.8) is 0 Å². The Morgan fingerprint density at radius 3 is 2.28 bits per heavy atom. The van der Waals surface area contributed by atoms with Crippen LogP contribution in [0, 0.1) is 0 Å². The highest BCUT2D eigenvalue weighted by molar-refractivity contribution is 6.31. The van der Waals surface area contributed by atoms with Crippen LogP contribution in [0.5, 0.6) is 0 Å². The second-order valence-electron chi connectivity index (χ2n) is 6.71. The SMILES string of the molecule is O=C(c1ccc(Cl)cc1)n1c2c(c3cc(Cl)ccc31)CCN(C(=O)C(F)(F)F)C2. The number of rotatable bonds is 1. The minimum absolute atomic E-state index is 0.0912. The lowest BCUT2D eigenvalue weighted by molar-refractivity contribution is -0.186. The number of hydrogen-bond donors (Lipinski definition) is 0. The first-order chi connectivity index (χ1) is 13.7. The van der Waals surface area contributed by atoms with Crippen molar-refractivity contribution in [1.29, 1.82) is 0 Å². The molecule has 1 aliphatic heterocycles. The van der Waals surface area contributed by atoms with Crippen molar-refractivity contribution in [2.24, 2.45) is 0 Å². The molecular formula is C20H13Cl2F3N2O2. The molecular weight excluding hydrogens is 428 g/mol. The second kappa shape index (κ2) is 7.07. The average Bonchev–Trinajstić information content (AvgIpc) is 2.99. The molecule has 2 heterocycles. The van der Waals surface area contributed by atoms with Crippen LogP contribution in [0.4, 0.5) is 13.2 Å². The first-order valence-electron chi connectivity index (χ1n) is 8.65. The Bertz CT molecular complexity index is 1140. The van der Waals surface area contributed by atoms with E-state index in [2.05, 4.69) is 0 Å². The first kappa shape index (κ1) is 19.8. The minimum atomic E-state index is -4.97. The van der Waals surface area contributed by atoms with E-state index in [1.807, 2.05) is 0 Å². The Hall–Kier alpha value is -2.51. The summed E-state index contributed by atoms with van der Waals surface area (Å²) in [5.74, 6) is -2.34. The Labute approximate surface area is 173 Å². The monoisotopic (exact) mass is 440 g/mol. The largest absolute Gasteiger partial charge is 0.471 e.